The second-order valence-electron chi connectivity index (χ2n) is 3.89. The van der Waals surface area contributed by atoms with Gasteiger partial charge < -0.3 is 5.73 Å². The highest BCUT2D eigenvalue weighted by atomic mass is 19.1. The van der Waals surface area contributed by atoms with Crippen molar-refractivity contribution in [2.24, 2.45) is 5.73 Å². The summed E-state index contributed by atoms with van der Waals surface area (Å²) in [5.74, 6) is -0.394. The van der Waals surface area contributed by atoms with Crippen molar-refractivity contribution < 1.29 is 8.78 Å². The van der Waals surface area contributed by atoms with Crippen LogP contribution in [-0.4, -0.2) is 20.9 Å². The predicted molar refractivity (Wildman–Crippen MR) is 66.0 cm³/mol. The Labute approximate surface area is 107 Å². The molecule has 0 aliphatic heterocycles. The zero-order chi connectivity index (χ0) is 13.8. The van der Waals surface area contributed by atoms with Gasteiger partial charge in [0.2, 0.25) is 0 Å². The van der Waals surface area contributed by atoms with Crippen LogP contribution in [0, 0.1) is 5.82 Å². The molecule has 1 aromatic carbocycles. The Bertz CT molecular complexity index is 642. The van der Waals surface area contributed by atoms with Gasteiger partial charge in [-0.25, -0.2) is 22.8 Å². The van der Waals surface area contributed by atoms with Crippen molar-refractivity contribution in [2.75, 3.05) is 6.54 Å². The third-order valence-electron chi connectivity index (χ3n) is 2.61. The lowest BCUT2D eigenvalue weighted by Crippen LogP contribution is -2.25. The Balaban J connectivity index is 2.33. The van der Waals surface area contributed by atoms with Gasteiger partial charge in [0, 0.05) is 6.54 Å². The molecule has 100 valence electrons. The quantitative estimate of drug-likeness (QED) is 0.897. The molecule has 0 saturated carbocycles. The van der Waals surface area contributed by atoms with E-state index in [0.717, 1.165) is 4.68 Å². The van der Waals surface area contributed by atoms with E-state index in [2.05, 4.69) is 5.10 Å². The van der Waals surface area contributed by atoms with E-state index < -0.39 is 11.5 Å². The fourth-order valence-corrected chi connectivity index (χ4v) is 1.56. The molecule has 19 heavy (non-hydrogen) atoms. The van der Waals surface area contributed by atoms with Crippen LogP contribution in [0.2, 0.25) is 0 Å². The van der Waals surface area contributed by atoms with E-state index in [9.17, 15) is 13.6 Å². The number of nitrogens with zero attached hydrogens (tertiary/aromatic N) is 3. The minimum absolute atomic E-state index is 0.00630. The number of hydrogen-bond donors (Lipinski definition) is 1. The minimum atomic E-state index is -0.445. The molecule has 0 amide bonds. The van der Waals surface area contributed by atoms with Crippen molar-refractivity contribution >= 4 is 0 Å². The molecule has 5 nitrogen and oxygen atoms in total. The SMILES string of the molecule is NC/C(=C/F)Cn1ncn(-c2ccc(F)cc2)c1=O. The van der Waals surface area contributed by atoms with E-state index >= 15 is 0 Å². The predicted octanol–water partition coefficient (Wildman–Crippen LogP) is 0.985. The molecule has 7 heteroatoms. The normalized spacial score (nSPS) is 11.8. The van der Waals surface area contributed by atoms with Gasteiger partial charge in [-0.3, -0.25) is 0 Å². The zero-order valence-corrected chi connectivity index (χ0v) is 9.96. The first-order chi connectivity index (χ1) is 9.15. The smallest absolute Gasteiger partial charge is 0.327 e. The maximum absolute atomic E-state index is 12.8. The molecule has 2 N–H and O–H groups in total. The summed E-state index contributed by atoms with van der Waals surface area (Å²) >= 11 is 0. The van der Waals surface area contributed by atoms with Crippen LogP contribution < -0.4 is 11.4 Å². The summed E-state index contributed by atoms with van der Waals surface area (Å²) in [5.41, 5.74) is 5.61. The molecular formula is C12H12F2N4O. The van der Waals surface area contributed by atoms with Gasteiger partial charge in [-0.05, 0) is 29.8 Å². The van der Waals surface area contributed by atoms with Gasteiger partial charge in [-0.1, -0.05) is 0 Å². The fourth-order valence-electron chi connectivity index (χ4n) is 1.56. The van der Waals surface area contributed by atoms with E-state index in [1.54, 1.807) is 0 Å². The van der Waals surface area contributed by atoms with Crippen LogP contribution in [0.15, 0.2) is 47.3 Å². The molecule has 0 spiro atoms. The highest BCUT2D eigenvalue weighted by molar-refractivity contribution is 5.31. The summed E-state index contributed by atoms with van der Waals surface area (Å²) < 4.78 is 27.5. The van der Waals surface area contributed by atoms with Crippen LogP contribution in [0.4, 0.5) is 8.78 Å². The number of benzene rings is 1. The Kier molecular flexibility index (Phi) is 3.86. The summed E-state index contributed by atoms with van der Waals surface area (Å²) in [4.78, 5) is 12.0. The summed E-state index contributed by atoms with van der Waals surface area (Å²) in [6, 6.07) is 5.40. The number of aromatic nitrogens is 3. The lowest BCUT2D eigenvalue weighted by atomic mass is 10.3. The molecule has 0 aliphatic carbocycles. The van der Waals surface area contributed by atoms with Crippen LogP contribution >= 0.6 is 0 Å². The first-order valence-electron chi connectivity index (χ1n) is 5.54. The first kappa shape index (κ1) is 13.2. The number of hydrogen-bond acceptors (Lipinski definition) is 3. The second-order valence-corrected chi connectivity index (χ2v) is 3.89. The largest absolute Gasteiger partial charge is 0.350 e. The standard InChI is InChI=1S/C12H12F2N4O/c13-5-9(6-15)7-18-12(19)17(8-16-18)11-3-1-10(14)2-4-11/h1-5,8H,6-7,15H2/b9-5-. The molecule has 0 atom stereocenters. The molecule has 2 rings (SSSR count). The van der Waals surface area contributed by atoms with E-state index in [1.807, 2.05) is 0 Å². The van der Waals surface area contributed by atoms with Crippen molar-refractivity contribution in [3.63, 3.8) is 0 Å². The summed E-state index contributed by atoms with van der Waals surface area (Å²) in [6.45, 7) is -0.00756. The maximum atomic E-state index is 12.8. The number of halogens is 2. The van der Waals surface area contributed by atoms with Crippen molar-refractivity contribution in [3.05, 3.63) is 58.8 Å². The zero-order valence-electron chi connectivity index (χ0n) is 9.96. The average Bonchev–Trinajstić information content (AvgIpc) is 2.78. The lowest BCUT2D eigenvalue weighted by Gasteiger charge is -2.02. The van der Waals surface area contributed by atoms with Gasteiger partial charge in [-0.2, -0.15) is 5.10 Å². The fraction of sp³-hybridized carbons (Fsp3) is 0.167. The second kappa shape index (κ2) is 5.57. The highest BCUT2D eigenvalue weighted by Gasteiger charge is 2.08. The van der Waals surface area contributed by atoms with Crippen LogP contribution in [0.5, 0.6) is 0 Å². The maximum Gasteiger partial charge on any atom is 0.350 e. The van der Waals surface area contributed by atoms with Gasteiger partial charge in [0.1, 0.15) is 12.1 Å². The van der Waals surface area contributed by atoms with Crippen LogP contribution in [-0.2, 0) is 6.54 Å². The molecule has 1 heterocycles. The third-order valence-corrected chi connectivity index (χ3v) is 2.61. The molecular weight excluding hydrogens is 254 g/mol. The monoisotopic (exact) mass is 266 g/mol. The van der Waals surface area contributed by atoms with Gasteiger partial charge in [-0.15, -0.1) is 0 Å². The Hall–Kier alpha value is -2.28. The van der Waals surface area contributed by atoms with Crippen molar-refractivity contribution in [2.45, 2.75) is 6.54 Å². The average molecular weight is 266 g/mol. The number of rotatable bonds is 4. The van der Waals surface area contributed by atoms with Gasteiger partial charge in [0.05, 0.1) is 18.6 Å². The lowest BCUT2D eigenvalue weighted by molar-refractivity contribution is 0.612. The first-order valence-corrected chi connectivity index (χ1v) is 5.54. The third kappa shape index (κ3) is 2.76. The molecule has 0 saturated heterocycles. The summed E-state index contributed by atoms with van der Waals surface area (Å²) in [7, 11) is 0. The molecule has 0 aliphatic rings. The Morgan fingerprint density at radius 2 is 2.05 bits per heavy atom. The molecule has 1 aromatic heterocycles. The molecule has 2 aromatic rings. The van der Waals surface area contributed by atoms with Crippen molar-refractivity contribution in [1.29, 1.82) is 0 Å². The van der Waals surface area contributed by atoms with Crippen molar-refractivity contribution in [1.82, 2.24) is 14.3 Å². The van der Waals surface area contributed by atoms with Gasteiger partial charge in [0.15, 0.2) is 0 Å². The van der Waals surface area contributed by atoms with E-state index in [-0.39, 0.29) is 18.7 Å². The van der Waals surface area contributed by atoms with Crippen LogP contribution in [0.1, 0.15) is 0 Å². The topological polar surface area (TPSA) is 65.8 Å². The highest BCUT2D eigenvalue weighted by Crippen LogP contribution is 2.06. The summed E-state index contributed by atoms with van der Waals surface area (Å²) in [6.07, 6.45) is 1.66. The Morgan fingerprint density at radius 3 is 2.63 bits per heavy atom. The summed E-state index contributed by atoms with van der Waals surface area (Å²) in [5, 5.41) is 3.86. The van der Waals surface area contributed by atoms with E-state index in [1.165, 1.54) is 35.2 Å². The number of nitrogens with two attached hydrogens (primary N) is 1. The van der Waals surface area contributed by atoms with E-state index in [0.29, 0.717) is 12.0 Å². The van der Waals surface area contributed by atoms with Gasteiger partial charge >= 0.3 is 5.69 Å². The molecule has 0 fully saturated rings. The molecule has 0 radical (unpaired) electrons. The molecule has 0 unspecified atom stereocenters. The van der Waals surface area contributed by atoms with Crippen LogP contribution in [0.3, 0.4) is 0 Å². The Morgan fingerprint density at radius 1 is 1.37 bits per heavy atom. The molecule has 0 bridgehead atoms. The minimum Gasteiger partial charge on any atom is -0.327 e. The van der Waals surface area contributed by atoms with Crippen LogP contribution in [0.25, 0.3) is 5.69 Å². The van der Waals surface area contributed by atoms with E-state index in [4.69, 9.17) is 5.73 Å². The van der Waals surface area contributed by atoms with Crippen molar-refractivity contribution in [3.8, 4) is 5.69 Å². The van der Waals surface area contributed by atoms with Gasteiger partial charge in [0.25, 0.3) is 0 Å².